The SMILES string of the molecule is CCCCC(=C=C(C)CCc1ccccc1)B1OC(C)(C)C(C)(C)O1. The summed E-state index contributed by atoms with van der Waals surface area (Å²) >= 11 is 0. The Morgan fingerprint density at radius 3 is 2.16 bits per heavy atom. The smallest absolute Gasteiger partial charge is 0.399 e. The molecule has 0 spiro atoms. The van der Waals surface area contributed by atoms with Crippen LogP contribution in [0.1, 0.15) is 72.8 Å². The van der Waals surface area contributed by atoms with Gasteiger partial charge in [-0.25, -0.2) is 0 Å². The molecule has 3 heteroatoms. The lowest BCUT2D eigenvalue weighted by Gasteiger charge is -2.32. The van der Waals surface area contributed by atoms with Crippen molar-refractivity contribution in [1.82, 2.24) is 0 Å². The molecule has 0 bridgehead atoms. The molecule has 0 aliphatic carbocycles. The Bertz CT molecular complexity index is 609. The zero-order chi connectivity index (χ0) is 18.5. The van der Waals surface area contributed by atoms with Gasteiger partial charge in [-0.1, -0.05) is 43.7 Å². The molecule has 1 aromatic carbocycles. The fraction of sp³-hybridized carbons (Fsp3) is 0.591. The molecule has 2 rings (SSSR count). The second-order valence-electron chi connectivity index (χ2n) is 8.11. The lowest BCUT2D eigenvalue weighted by atomic mass is 9.75. The highest BCUT2D eigenvalue weighted by molar-refractivity contribution is 6.54. The fourth-order valence-corrected chi connectivity index (χ4v) is 2.90. The van der Waals surface area contributed by atoms with Crippen molar-refractivity contribution in [2.75, 3.05) is 0 Å². The number of benzene rings is 1. The average molecular weight is 340 g/mol. The van der Waals surface area contributed by atoms with Gasteiger partial charge in [0.05, 0.1) is 11.2 Å². The number of rotatable bonds is 7. The molecule has 0 radical (unpaired) electrons. The summed E-state index contributed by atoms with van der Waals surface area (Å²) in [5.74, 6) is 0. The van der Waals surface area contributed by atoms with Crippen molar-refractivity contribution in [1.29, 1.82) is 0 Å². The van der Waals surface area contributed by atoms with E-state index in [0.29, 0.717) is 0 Å². The van der Waals surface area contributed by atoms with E-state index in [1.807, 2.05) is 0 Å². The molecule has 0 amide bonds. The van der Waals surface area contributed by atoms with Crippen LogP contribution < -0.4 is 0 Å². The first-order valence-corrected chi connectivity index (χ1v) is 9.60. The molecule has 1 aliphatic heterocycles. The van der Waals surface area contributed by atoms with Crippen LogP contribution in [0.3, 0.4) is 0 Å². The lowest BCUT2D eigenvalue weighted by Crippen LogP contribution is -2.41. The second-order valence-corrected chi connectivity index (χ2v) is 8.11. The summed E-state index contributed by atoms with van der Waals surface area (Å²) in [4.78, 5) is 0. The first-order valence-electron chi connectivity index (χ1n) is 9.60. The maximum atomic E-state index is 6.25. The van der Waals surface area contributed by atoms with E-state index < -0.39 is 0 Å². The molecule has 0 N–H and O–H groups in total. The average Bonchev–Trinajstić information content (AvgIpc) is 2.78. The predicted octanol–water partition coefficient (Wildman–Crippen LogP) is 5.91. The van der Waals surface area contributed by atoms with Gasteiger partial charge >= 0.3 is 7.12 Å². The standard InChI is InChI=1S/C22H33BO2/c1-7-8-14-20(23-24-21(3,4)22(5,6)25-23)17-18(2)15-16-19-12-10-9-11-13-19/h9-13H,7-8,14-16H2,1-6H3. The van der Waals surface area contributed by atoms with Gasteiger partial charge in [-0.3, -0.25) is 0 Å². The van der Waals surface area contributed by atoms with E-state index in [0.717, 1.165) is 37.6 Å². The van der Waals surface area contributed by atoms with E-state index in [-0.39, 0.29) is 18.3 Å². The first kappa shape index (κ1) is 20.0. The highest BCUT2D eigenvalue weighted by atomic mass is 16.7. The molecule has 1 aromatic rings. The van der Waals surface area contributed by atoms with Crippen LogP contribution in [0.5, 0.6) is 0 Å². The number of allylic oxidation sites excluding steroid dienone is 1. The quantitative estimate of drug-likeness (QED) is 0.454. The largest absolute Gasteiger partial charge is 0.498 e. The number of unbranched alkanes of at least 4 members (excludes halogenated alkanes) is 1. The molecule has 0 aromatic heterocycles. The third-order valence-electron chi connectivity index (χ3n) is 5.34. The zero-order valence-electron chi connectivity index (χ0n) is 16.8. The van der Waals surface area contributed by atoms with Crippen molar-refractivity contribution in [2.24, 2.45) is 0 Å². The van der Waals surface area contributed by atoms with Crippen LogP contribution in [0.25, 0.3) is 0 Å². The molecule has 1 fully saturated rings. The van der Waals surface area contributed by atoms with Crippen LogP contribution in [0.2, 0.25) is 0 Å². The van der Waals surface area contributed by atoms with E-state index in [9.17, 15) is 0 Å². The van der Waals surface area contributed by atoms with Crippen molar-refractivity contribution < 1.29 is 9.31 Å². The number of aryl methyl sites for hydroxylation is 1. The molecule has 1 aliphatic rings. The van der Waals surface area contributed by atoms with Crippen LogP contribution in [-0.2, 0) is 15.7 Å². The Morgan fingerprint density at radius 2 is 1.60 bits per heavy atom. The van der Waals surface area contributed by atoms with Crippen molar-refractivity contribution >= 4 is 7.12 Å². The molecule has 0 saturated carbocycles. The normalized spacial score (nSPS) is 18.1. The third-order valence-corrected chi connectivity index (χ3v) is 5.34. The van der Waals surface area contributed by atoms with Crippen LogP contribution >= 0.6 is 0 Å². The first-order chi connectivity index (χ1) is 11.7. The second kappa shape index (κ2) is 8.40. The molecular formula is C22H33BO2. The molecule has 1 heterocycles. The molecular weight excluding hydrogens is 307 g/mol. The van der Waals surface area contributed by atoms with Crippen molar-refractivity contribution in [3.63, 3.8) is 0 Å². The van der Waals surface area contributed by atoms with Crippen LogP contribution in [0.4, 0.5) is 0 Å². The Hall–Kier alpha value is -1.28. The summed E-state index contributed by atoms with van der Waals surface area (Å²) in [6.07, 6.45) is 5.34. The monoisotopic (exact) mass is 340 g/mol. The fourth-order valence-electron chi connectivity index (χ4n) is 2.90. The van der Waals surface area contributed by atoms with Gasteiger partial charge in [-0.15, -0.1) is 5.73 Å². The van der Waals surface area contributed by atoms with Crippen molar-refractivity contribution in [3.8, 4) is 0 Å². The predicted molar refractivity (Wildman–Crippen MR) is 107 cm³/mol. The van der Waals surface area contributed by atoms with Gasteiger partial charge in [0.15, 0.2) is 0 Å². The van der Waals surface area contributed by atoms with Gasteiger partial charge in [-0.05, 0) is 71.4 Å². The summed E-state index contributed by atoms with van der Waals surface area (Å²) in [6, 6.07) is 10.6. The minimum atomic E-state index is -0.297. The van der Waals surface area contributed by atoms with E-state index in [1.165, 1.54) is 11.1 Å². The molecule has 136 valence electrons. The van der Waals surface area contributed by atoms with Gasteiger partial charge in [0.2, 0.25) is 0 Å². The highest BCUT2D eigenvalue weighted by Crippen LogP contribution is 2.39. The van der Waals surface area contributed by atoms with Crippen molar-refractivity contribution in [3.05, 3.63) is 52.7 Å². The maximum absolute atomic E-state index is 6.25. The summed E-state index contributed by atoms with van der Waals surface area (Å²) in [7, 11) is -0.275. The van der Waals surface area contributed by atoms with E-state index in [4.69, 9.17) is 9.31 Å². The molecule has 0 unspecified atom stereocenters. The summed E-state index contributed by atoms with van der Waals surface area (Å²) < 4.78 is 12.5. The van der Waals surface area contributed by atoms with Gasteiger partial charge in [0.1, 0.15) is 0 Å². The van der Waals surface area contributed by atoms with E-state index in [2.05, 4.69) is 77.6 Å². The Morgan fingerprint density at radius 1 is 1.00 bits per heavy atom. The summed E-state index contributed by atoms with van der Waals surface area (Å²) in [5.41, 5.74) is 6.83. The van der Waals surface area contributed by atoms with Gasteiger partial charge in [0, 0.05) is 5.47 Å². The molecule has 25 heavy (non-hydrogen) atoms. The van der Waals surface area contributed by atoms with Gasteiger partial charge < -0.3 is 9.31 Å². The topological polar surface area (TPSA) is 18.5 Å². The van der Waals surface area contributed by atoms with E-state index in [1.54, 1.807) is 0 Å². The van der Waals surface area contributed by atoms with Crippen LogP contribution in [0.15, 0.2) is 47.1 Å². The molecule has 1 saturated heterocycles. The zero-order valence-corrected chi connectivity index (χ0v) is 16.8. The van der Waals surface area contributed by atoms with Gasteiger partial charge in [0.25, 0.3) is 0 Å². The minimum Gasteiger partial charge on any atom is -0.399 e. The van der Waals surface area contributed by atoms with Crippen LogP contribution in [-0.4, -0.2) is 18.3 Å². The Kier molecular flexibility index (Phi) is 6.74. The molecule has 0 atom stereocenters. The lowest BCUT2D eigenvalue weighted by molar-refractivity contribution is 0.00578. The van der Waals surface area contributed by atoms with E-state index >= 15 is 0 Å². The minimum absolute atomic E-state index is 0.275. The summed E-state index contributed by atoms with van der Waals surface area (Å²) in [6.45, 7) is 12.8. The number of hydrogen-bond donors (Lipinski definition) is 0. The van der Waals surface area contributed by atoms with Crippen molar-refractivity contribution in [2.45, 2.75) is 84.8 Å². The highest BCUT2D eigenvalue weighted by Gasteiger charge is 2.52. The third kappa shape index (κ3) is 5.35. The Labute approximate surface area is 154 Å². The maximum Gasteiger partial charge on any atom is 0.498 e. The molecule has 2 nitrogen and oxygen atoms in total. The Balaban J connectivity index is 2.16. The van der Waals surface area contributed by atoms with Crippen LogP contribution in [0, 0.1) is 0 Å². The number of hydrogen-bond acceptors (Lipinski definition) is 2. The summed E-state index contributed by atoms with van der Waals surface area (Å²) in [5, 5.41) is 0. The van der Waals surface area contributed by atoms with Gasteiger partial charge in [-0.2, -0.15) is 0 Å².